The number of pyridine rings is 1. The molecule has 1 heterocycles. The molecule has 1 aromatic carbocycles. The number of carbonyl (C=O) groups excluding carboxylic acids is 2. The molecule has 1 fully saturated rings. The number of benzene rings is 1. The van der Waals surface area contributed by atoms with Gasteiger partial charge in [-0.05, 0) is 49.4 Å². The molecule has 24 heavy (non-hydrogen) atoms. The molecule has 1 aromatic heterocycles. The molecule has 0 unspecified atom stereocenters. The van der Waals surface area contributed by atoms with E-state index in [9.17, 15) is 14.0 Å². The van der Waals surface area contributed by atoms with E-state index in [0.717, 1.165) is 18.4 Å². The molecular weight excluding hydrogens is 313 g/mol. The highest BCUT2D eigenvalue weighted by Crippen LogP contribution is 2.41. The molecular formula is C18H16FNO4. The smallest absolute Gasteiger partial charge is 0.344 e. The van der Waals surface area contributed by atoms with Gasteiger partial charge < -0.3 is 9.47 Å². The first-order valence-electron chi connectivity index (χ1n) is 7.72. The van der Waals surface area contributed by atoms with Gasteiger partial charge in [-0.3, -0.25) is 4.79 Å². The first kappa shape index (κ1) is 16.1. The molecule has 6 heteroatoms. The van der Waals surface area contributed by atoms with Crippen molar-refractivity contribution in [2.45, 2.75) is 25.7 Å². The molecule has 0 saturated heterocycles. The Bertz CT molecular complexity index is 787. The van der Waals surface area contributed by atoms with E-state index in [4.69, 9.17) is 9.47 Å². The Hall–Kier alpha value is -2.76. The molecule has 0 spiro atoms. The average Bonchev–Trinajstić information content (AvgIpc) is 3.41. The van der Waals surface area contributed by atoms with Crippen molar-refractivity contribution >= 4 is 12.3 Å². The molecule has 0 amide bonds. The van der Waals surface area contributed by atoms with Crippen molar-refractivity contribution in [3.63, 3.8) is 0 Å². The van der Waals surface area contributed by atoms with E-state index in [-0.39, 0.29) is 29.4 Å². The highest BCUT2D eigenvalue weighted by molar-refractivity contribution is 6.00. The van der Waals surface area contributed by atoms with Gasteiger partial charge in [-0.15, -0.1) is 0 Å². The third-order valence-electron chi connectivity index (χ3n) is 3.77. The number of rotatable bonds is 6. The fourth-order valence-electron chi connectivity index (χ4n) is 2.42. The van der Waals surface area contributed by atoms with Crippen molar-refractivity contribution in [2.24, 2.45) is 0 Å². The van der Waals surface area contributed by atoms with Crippen LogP contribution in [0.5, 0.6) is 11.6 Å². The Kier molecular flexibility index (Phi) is 4.55. The second kappa shape index (κ2) is 6.78. The minimum Gasteiger partial charge on any atom is -0.462 e. The second-order valence-corrected chi connectivity index (χ2v) is 5.48. The molecule has 1 saturated carbocycles. The second-order valence-electron chi connectivity index (χ2n) is 5.48. The molecule has 124 valence electrons. The fourth-order valence-corrected chi connectivity index (χ4v) is 2.42. The van der Waals surface area contributed by atoms with Crippen molar-refractivity contribution < 1.29 is 23.5 Å². The normalized spacial score (nSPS) is 13.4. The van der Waals surface area contributed by atoms with E-state index in [1.54, 1.807) is 13.0 Å². The zero-order chi connectivity index (χ0) is 17.1. The van der Waals surface area contributed by atoms with Gasteiger partial charge in [0.1, 0.15) is 5.56 Å². The molecule has 5 nitrogen and oxygen atoms in total. The van der Waals surface area contributed by atoms with Crippen molar-refractivity contribution in [2.75, 3.05) is 6.61 Å². The van der Waals surface area contributed by atoms with Crippen LogP contribution in [0.15, 0.2) is 30.5 Å². The summed E-state index contributed by atoms with van der Waals surface area (Å²) in [5.41, 5.74) is 0.897. The zero-order valence-electron chi connectivity index (χ0n) is 13.1. The van der Waals surface area contributed by atoms with Crippen LogP contribution in [0.2, 0.25) is 0 Å². The van der Waals surface area contributed by atoms with Gasteiger partial charge in [-0.1, -0.05) is 6.07 Å². The predicted molar refractivity (Wildman–Crippen MR) is 84.0 cm³/mol. The van der Waals surface area contributed by atoms with Crippen LogP contribution in [-0.4, -0.2) is 23.8 Å². The maximum atomic E-state index is 14.2. The van der Waals surface area contributed by atoms with Gasteiger partial charge in [0.25, 0.3) is 0 Å². The quantitative estimate of drug-likeness (QED) is 0.594. The van der Waals surface area contributed by atoms with Crippen LogP contribution in [0.25, 0.3) is 0 Å². The third-order valence-corrected chi connectivity index (χ3v) is 3.77. The van der Waals surface area contributed by atoms with Gasteiger partial charge in [-0.2, -0.15) is 0 Å². The molecule has 0 N–H and O–H groups in total. The number of aromatic nitrogens is 1. The molecule has 0 atom stereocenters. The van der Waals surface area contributed by atoms with Crippen LogP contribution < -0.4 is 4.74 Å². The van der Waals surface area contributed by atoms with Gasteiger partial charge in [0.15, 0.2) is 17.9 Å². The summed E-state index contributed by atoms with van der Waals surface area (Å²) in [6.07, 6.45) is 3.96. The highest BCUT2D eigenvalue weighted by atomic mass is 19.1. The SMILES string of the molecule is CCOC(=O)c1c(C=O)ccnc1Oc1ccc(C2CC2)cc1F. The maximum Gasteiger partial charge on any atom is 0.344 e. The van der Waals surface area contributed by atoms with Crippen molar-refractivity contribution in [1.29, 1.82) is 0 Å². The Labute approximate surface area is 138 Å². The summed E-state index contributed by atoms with van der Waals surface area (Å²) >= 11 is 0. The summed E-state index contributed by atoms with van der Waals surface area (Å²) in [4.78, 5) is 27.2. The van der Waals surface area contributed by atoms with E-state index in [0.29, 0.717) is 12.2 Å². The molecule has 1 aliphatic rings. The van der Waals surface area contributed by atoms with Crippen molar-refractivity contribution in [1.82, 2.24) is 4.98 Å². The van der Waals surface area contributed by atoms with Gasteiger partial charge in [0.05, 0.1) is 6.61 Å². The predicted octanol–water partition coefficient (Wildman–Crippen LogP) is 3.88. The monoisotopic (exact) mass is 329 g/mol. The topological polar surface area (TPSA) is 65.5 Å². The third kappa shape index (κ3) is 3.27. The zero-order valence-corrected chi connectivity index (χ0v) is 13.1. The number of esters is 1. The van der Waals surface area contributed by atoms with Gasteiger partial charge in [0.2, 0.25) is 5.88 Å². The van der Waals surface area contributed by atoms with Crippen LogP contribution in [0.3, 0.4) is 0 Å². The minimum absolute atomic E-state index is 0.0551. The summed E-state index contributed by atoms with van der Waals surface area (Å²) in [5, 5.41) is 0. The Morgan fingerprint density at radius 1 is 1.38 bits per heavy atom. The first-order valence-corrected chi connectivity index (χ1v) is 7.72. The number of aldehydes is 1. The summed E-state index contributed by atoms with van der Waals surface area (Å²) < 4.78 is 24.6. The van der Waals surface area contributed by atoms with Crippen LogP contribution in [0.4, 0.5) is 4.39 Å². The van der Waals surface area contributed by atoms with Crippen LogP contribution in [0, 0.1) is 5.82 Å². The molecule has 0 radical (unpaired) electrons. The van der Waals surface area contributed by atoms with Crippen LogP contribution in [-0.2, 0) is 4.74 Å². The molecule has 1 aliphatic carbocycles. The Morgan fingerprint density at radius 3 is 2.79 bits per heavy atom. The van der Waals surface area contributed by atoms with E-state index in [1.165, 1.54) is 24.4 Å². The Balaban J connectivity index is 1.94. The summed E-state index contributed by atoms with van der Waals surface area (Å²) in [5.74, 6) is -1.07. The largest absolute Gasteiger partial charge is 0.462 e. The molecule has 0 aliphatic heterocycles. The number of ether oxygens (including phenoxy) is 2. The van der Waals surface area contributed by atoms with Gasteiger partial charge in [0, 0.05) is 11.8 Å². The number of hydrogen-bond acceptors (Lipinski definition) is 5. The van der Waals surface area contributed by atoms with E-state index in [1.807, 2.05) is 0 Å². The lowest BCUT2D eigenvalue weighted by Gasteiger charge is -2.12. The van der Waals surface area contributed by atoms with Crippen LogP contribution in [0.1, 0.15) is 52.0 Å². The van der Waals surface area contributed by atoms with Gasteiger partial charge in [-0.25, -0.2) is 14.2 Å². The minimum atomic E-state index is -0.738. The number of halogens is 1. The van der Waals surface area contributed by atoms with Crippen LogP contribution >= 0.6 is 0 Å². The van der Waals surface area contributed by atoms with E-state index < -0.39 is 11.8 Å². The summed E-state index contributed by atoms with van der Waals surface area (Å²) in [6.45, 7) is 1.78. The lowest BCUT2D eigenvalue weighted by Crippen LogP contribution is -2.11. The average molecular weight is 329 g/mol. The summed E-state index contributed by atoms with van der Waals surface area (Å²) in [7, 11) is 0. The first-order chi connectivity index (χ1) is 11.6. The van der Waals surface area contributed by atoms with Crippen molar-refractivity contribution in [3.8, 4) is 11.6 Å². The summed E-state index contributed by atoms with van der Waals surface area (Å²) in [6, 6.07) is 6.11. The fraction of sp³-hybridized carbons (Fsp3) is 0.278. The molecule has 0 bridgehead atoms. The van der Waals surface area contributed by atoms with Crippen molar-refractivity contribution in [3.05, 3.63) is 53.0 Å². The standard InChI is InChI=1S/C18H16FNO4/c1-2-23-18(22)16-13(10-21)7-8-20-17(16)24-15-6-5-12(9-14(15)19)11-3-4-11/h5-11H,2-4H2,1H3. The van der Waals surface area contributed by atoms with E-state index in [2.05, 4.69) is 4.98 Å². The van der Waals surface area contributed by atoms with E-state index >= 15 is 0 Å². The number of nitrogens with zero attached hydrogens (tertiary/aromatic N) is 1. The number of carbonyl (C=O) groups is 2. The maximum absolute atomic E-state index is 14.2. The highest BCUT2D eigenvalue weighted by Gasteiger charge is 2.25. The van der Waals surface area contributed by atoms with Gasteiger partial charge >= 0.3 is 5.97 Å². The molecule has 3 rings (SSSR count). The lowest BCUT2D eigenvalue weighted by molar-refractivity contribution is 0.0520. The lowest BCUT2D eigenvalue weighted by atomic mass is 10.1. The molecule has 2 aromatic rings. The number of hydrogen-bond donors (Lipinski definition) is 0. The Morgan fingerprint density at radius 2 is 2.17 bits per heavy atom.